The zero-order valence-corrected chi connectivity index (χ0v) is 15.5. The largest absolute Gasteiger partial charge is 0.479 e. The van der Waals surface area contributed by atoms with Gasteiger partial charge in [0.25, 0.3) is 0 Å². The highest BCUT2D eigenvalue weighted by Crippen LogP contribution is 2.37. The van der Waals surface area contributed by atoms with Crippen molar-refractivity contribution in [3.63, 3.8) is 0 Å². The van der Waals surface area contributed by atoms with E-state index in [1.165, 1.54) is 24.3 Å². The number of ether oxygens (including phenoxy) is 2. The molecule has 0 aromatic heterocycles. The SMILES string of the molecule is O=C(COc1c(Cl)cc(Cl)cc1Cl)Oc1c(Cl)cc(Cl)cc1Cl. The molecule has 0 fully saturated rings. The summed E-state index contributed by atoms with van der Waals surface area (Å²) in [7, 11) is 0. The van der Waals surface area contributed by atoms with Gasteiger partial charge in [-0.25, -0.2) is 4.79 Å². The average molecular weight is 435 g/mol. The summed E-state index contributed by atoms with van der Waals surface area (Å²) in [6, 6.07) is 5.65. The molecule has 23 heavy (non-hydrogen) atoms. The lowest BCUT2D eigenvalue weighted by Crippen LogP contribution is -2.18. The van der Waals surface area contributed by atoms with Crippen molar-refractivity contribution >= 4 is 75.6 Å². The van der Waals surface area contributed by atoms with Gasteiger partial charge in [0.05, 0.1) is 20.1 Å². The number of hydrogen-bond acceptors (Lipinski definition) is 3. The maximum atomic E-state index is 11.9. The Morgan fingerprint density at radius 2 is 1.13 bits per heavy atom. The minimum Gasteiger partial charge on any atom is -0.479 e. The third-order valence-electron chi connectivity index (χ3n) is 2.48. The molecule has 0 spiro atoms. The highest BCUT2D eigenvalue weighted by molar-refractivity contribution is 6.41. The number of carbonyl (C=O) groups is 1. The van der Waals surface area contributed by atoms with E-state index in [1.807, 2.05) is 0 Å². The normalized spacial score (nSPS) is 10.5. The van der Waals surface area contributed by atoms with Gasteiger partial charge in [-0.05, 0) is 24.3 Å². The summed E-state index contributed by atoms with van der Waals surface area (Å²) in [5.41, 5.74) is 0. The van der Waals surface area contributed by atoms with E-state index in [0.717, 1.165) is 0 Å². The van der Waals surface area contributed by atoms with Gasteiger partial charge in [0, 0.05) is 10.0 Å². The Bertz CT molecular complexity index is 716. The van der Waals surface area contributed by atoms with Crippen LogP contribution in [0, 0.1) is 0 Å². The molecule has 0 aliphatic rings. The summed E-state index contributed by atoms with van der Waals surface area (Å²) in [6.45, 7) is -0.462. The van der Waals surface area contributed by atoms with Crippen LogP contribution in [-0.4, -0.2) is 12.6 Å². The lowest BCUT2D eigenvalue weighted by atomic mass is 10.3. The maximum Gasteiger partial charge on any atom is 0.349 e. The van der Waals surface area contributed by atoms with Gasteiger partial charge in [0.15, 0.2) is 18.1 Å². The maximum absolute atomic E-state index is 11.9. The van der Waals surface area contributed by atoms with Gasteiger partial charge in [-0.1, -0.05) is 69.6 Å². The molecular formula is C14H6Cl6O3. The van der Waals surface area contributed by atoms with Gasteiger partial charge in [-0.15, -0.1) is 0 Å². The smallest absolute Gasteiger partial charge is 0.349 e. The third kappa shape index (κ3) is 4.96. The molecule has 0 saturated heterocycles. The molecule has 0 bridgehead atoms. The molecule has 0 atom stereocenters. The fourth-order valence-electron chi connectivity index (χ4n) is 1.57. The molecule has 0 amide bonds. The molecule has 0 radical (unpaired) electrons. The van der Waals surface area contributed by atoms with Crippen molar-refractivity contribution in [3.8, 4) is 11.5 Å². The highest BCUT2D eigenvalue weighted by Gasteiger charge is 2.16. The Morgan fingerprint density at radius 3 is 1.57 bits per heavy atom. The van der Waals surface area contributed by atoms with Crippen LogP contribution in [0.3, 0.4) is 0 Å². The van der Waals surface area contributed by atoms with Gasteiger partial charge in [0.1, 0.15) is 0 Å². The highest BCUT2D eigenvalue weighted by atomic mass is 35.5. The predicted molar refractivity (Wildman–Crippen MR) is 94.1 cm³/mol. The van der Waals surface area contributed by atoms with E-state index in [2.05, 4.69) is 0 Å². The van der Waals surface area contributed by atoms with Crippen LogP contribution in [0.5, 0.6) is 11.5 Å². The van der Waals surface area contributed by atoms with Crippen molar-refractivity contribution < 1.29 is 14.3 Å². The molecule has 2 rings (SSSR count). The van der Waals surface area contributed by atoms with Gasteiger partial charge < -0.3 is 9.47 Å². The van der Waals surface area contributed by atoms with Crippen LogP contribution in [0.25, 0.3) is 0 Å². The van der Waals surface area contributed by atoms with E-state index >= 15 is 0 Å². The molecule has 122 valence electrons. The summed E-state index contributed by atoms with van der Waals surface area (Å²) < 4.78 is 10.3. The van der Waals surface area contributed by atoms with Crippen LogP contribution < -0.4 is 9.47 Å². The van der Waals surface area contributed by atoms with Gasteiger partial charge in [-0.3, -0.25) is 0 Å². The number of carbonyl (C=O) groups excluding carboxylic acids is 1. The van der Waals surface area contributed by atoms with E-state index in [4.69, 9.17) is 79.1 Å². The third-order valence-corrected chi connectivity index (χ3v) is 4.04. The lowest BCUT2D eigenvalue weighted by Gasteiger charge is -2.11. The Hall–Kier alpha value is -0.550. The fraction of sp³-hybridized carbons (Fsp3) is 0.0714. The molecule has 0 aliphatic heterocycles. The zero-order valence-electron chi connectivity index (χ0n) is 11.0. The summed E-state index contributed by atoms with van der Waals surface area (Å²) >= 11 is 35.3. The standard InChI is InChI=1S/C14H6Cl6O3/c15-6-1-8(17)13(9(18)2-6)22-5-12(21)23-14-10(19)3-7(16)4-11(14)20/h1-4H,5H2. The van der Waals surface area contributed by atoms with Crippen molar-refractivity contribution in [3.05, 3.63) is 54.4 Å². The monoisotopic (exact) mass is 432 g/mol. The first kappa shape index (κ1) is 18.8. The molecule has 9 heteroatoms. The minimum atomic E-state index is -0.752. The molecule has 0 heterocycles. The van der Waals surface area contributed by atoms with Gasteiger partial charge in [0.2, 0.25) is 0 Å². The van der Waals surface area contributed by atoms with Crippen molar-refractivity contribution in [2.24, 2.45) is 0 Å². The molecule has 0 N–H and O–H groups in total. The summed E-state index contributed by atoms with van der Waals surface area (Å²) in [4.78, 5) is 11.9. The summed E-state index contributed by atoms with van der Waals surface area (Å²) in [6.07, 6.45) is 0. The molecule has 2 aromatic rings. The van der Waals surface area contributed by atoms with Crippen LogP contribution in [0.15, 0.2) is 24.3 Å². The lowest BCUT2D eigenvalue weighted by molar-refractivity contribution is -0.136. The molecule has 2 aromatic carbocycles. The molecule has 0 aliphatic carbocycles. The number of hydrogen-bond donors (Lipinski definition) is 0. The van der Waals surface area contributed by atoms with E-state index in [0.29, 0.717) is 10.0 Å². The zero-order chi connectivity index (χ0) is 17.1. The number of esters is 1. The second-order valence-electron chi connectivity index (χ2n) is 4.16. The Labute approximate surface area is 161 Å². The quantitative estimate of drug-likeness (QED) is 0.402. The Kier molecular flexibility index (Phi) is 6.55. The second-order valence-corrected chi connectivity index (χ2v) is 6.66. The summed E-state index contributed by atoms with van der Waals surface area (Å²) in [5, 5.41) is 1.18. The van der Waals surface area contributed by atoms with Crippen molar-refractivity contribution in [2.75, 3.05) is 6.61 Å². The minimum absolute atomic E-state index is 0.0142. The second kappa shape index (κ2) is 8.02. The van der Waals surface area contributed by atoms with Gasteiger partial charge >= 0.3 is 5.97 Å². The van der Waals surface area contributed by atoms with Crippen molar-refractivity contribution in [1.82, 2.24) is 0 Å². The summed E-state index contributed by atoms with van der Waals surface area (Å²) in [5.74, 6) is -0.652. The predicted octanol–water partition coefficient (Wildman–Crippen LogP) is 6.59. The fourth-order valence-corrected chi connectivity index (χ4v) is 3.39. The van der Waals surface area contributed by atoms with Gasteiger partial charge in [-0.2, -0.15) is 0 Å². The van der Waals surface area contributed by atoms with Crippen LogP contribution >= 0.6 is 69.6 Å². The Morgan fingerprint density at radius 1 is 0.739 bits per heavy atom. The first-order valence-corrected chi connectivity index (χ1v) is 8.17. The molecule has 0 unspecified atom stereocenters. The van der Waals surface area contributed by atoms with E-state index in [-0.39, 0.29) is 31.6 Å². The average Bonchev–Trinajstić information content (AvgIpc) is 2.41. The van der Waals surface area contributed by atoms with Crippen LogP contribution in [0.4, 0.5) is 0 Å². The number of halogens is 6. The van der Waals surface area contributed by atoms with Crippen molar-refractivity contribution in [1.29, 1.82) is 0 Å². The van der Waals surface area contributed by atoms with E-state index in [9.17, 15) is 4.79 Å². The van der Waals surface area contributed by atoms with E-state index < -0.39 is 12.6 Å². The number of rotatable bonds is 4. The topological polar surface area (TPSA) is 35.5 Å². The van der Waals surface area contributed by atoms with Crippen LogP contribution in [0.1, 0.15) is 0 Å². The Balaban J connectivity index is 2.07. The number of benzene rings is 2. The van der Waals surface area contributed by atoms with Crippen LogP contribution in [-0.2, 0) is 4.79 Å². The molecule has 3 nitrogen and oxygen atoms in total. The van der Waals surface area contributed by atoms with E-state index in [1.54, 1.807) is 0 Å². The first-order chi connectivity index (χ1) is 10.8. The molecule has 0 saturated carbocycles. The van der Waals surface area contributed by atoms with Crippen molar-refractivity contribution in [2.45, 2.75) is 0 Å². The molecular weight excluding hydrogens is 429 g/mol. The van der Waals surface area contributed by atoms with Crippen LogP contribution in [0.2, 0.25) is 30.1 Å². The first-order valence-electron chi connectivity index (χ1n) is 5.90.